The van der Waals surface area contributed by atoms with Crippen molar-refractivity contribution in [3.05, 3.63) is 71.5 Å². The van der Waals surface area contributed by atoms with E-state index in [0.717, 1.165) is 5.56 Å². The van der Waals surface area contributed by atoms with Gasteiger partial charge in [-0.15, -0.1) is 0 Å². The van der Waals surface area contributed by atoms with Crippen LogP contribution in [0.3, 0.4) is 0 Å². The summed E-state index contributed by atoms with van der Waals surface area (Å²) in [5.74, 6) is 1.30. The van der Waals surface area contributed by atoms with E-state index in [2.05, 4.69) is 31.2 Å². The first-order chi connectivity index (χ1) is 8.29. The molecule has 1 aliphatic rings. The molecule has 0 amide bonds. The second-order valence-electron chi connectivity index (χ2n) is 4.84. The predicted molar refractivity (Wildman–Crippen MR) is 67.5 cm³/mol. The quantitative estimate of drug-likeness (QED) is 0.714. The minimum Gasteiger partial charge on any atom is -0.207 e. The van der Waals surface area contributed by atoms with Crippen LogP contribution in [0, 0.1) is 11.7 Å². The number of benzene rings is 2. The van der Waals surface area contributed by atoms with Crippen LogP contribution in [0.5, 0.6) is 0 Å². The van der Waals surface area contributed by atoms with Gasteiger partial charge in [-0.2, -0.15) is 0 Å². The molecule has 0 saturated heterocycles. The van der Waals surface area contributed by atoms with E-state index in [9.17, 15) is 4.39 Å². The van der Waals surface area contributed by atoms with Crippen LogP contribution in [0.2, 0.25) is 0 Å². The second-order valence-corrected chi connectivity index (χ2v) is 4.84. The van der Waals surface area contributed by atoms with Crippen molar-refractivity contribution in [2.24, 2.45) is 5.92 Å². The van der Waals surface area contributed by atoms with Crippen LogP contribution in [-0.2, 0) is 0 Å². The molecule has 2 aromatic carbocycles. The average Bonchev–Trinajstić information content (AvgIpc) is 3.02. The molecule has 1 heteroatoms. The molecule has 1 aliphatic carbocycles. The predicted octanol–water partition coefficient (Wildman–Crippen LogP) is 4.34. The number of halogens is 1. The lowest BCUT2D eigenvalue weighted by atomic mass is 10.0. The summed E-state index contributed by atoms with van der Waals surface area (Å²) in [4.78, 5) is 0. The lowest BCUT2D eigenvalue weighted by Gasteiger charge is -2.02. The summed E-state index contributed by atoms with van der Waals surface area (Å²) in [5.41, 5.74) is 2.20. The average molecular weight is 226 g/mol. The molecular weight excluding hydrogens is 211 g/mol. The molecule has 0 spiro atoms. The van der Waals surface area contributed by atoms with Crippen LogP contribution >= 0.6 is 0 Å². The Balaban J connectivity index is 1.91. The summed E-state index contributed by atoms with van der Waals surface area (Å²) < 4.78 is 13.7. The van der Waals surface area contributed by atoms with Crippen molar-refractivity contribution in [3.63, 3.8) is 0 Å². The SMILES string of the molecule is C[C@H]1[C@H](c2ccccc2)[C@H]1c1ccccc1F. The molecule has 2 aromatic rings. The second kappa shape index (κ2) is 3.99. The number of hydrogen-bond donors (Lipinski definition) is 0. The molecule has 0 radical (unpaired) electrons. The Morgan fingerprint density at radius 1 is 0.824 bits per heavy atom. The van der Waals surface area contributed by atoms with E-state index in [0.29, 0.717) is 17.8 Å². The molecule has 0 unspecified atom stereocenters. The van der Waals surface area contributed by atoms with E-state index in [4.69, 9.17) is 0 Å². The highest BCUT2D eigenvalue weighted by Gasteiger charge is 2.49. The highest BCUT2D eigenvalue weighted by Crippen LogP contribution is 2.60. The van der Waals surface area contributed by atoms with E-state index in [1.807, 2.05) is 18.2 Å². The van der Waals surface area contributed by atoms with Crippen LogP contribution in [0.15, 0.2) is 54.6 Å². The molecule has 0 aromatic heterocycles. The van der Waals surface area contributed by atoms with Gasteiger partial charge in [-0.25, -0.2) is 4.39 Å². The number of rotatable bonds is 2. The fraction of sp³-hybridized carbons (Fsp3) is 0.250. The first kappa shape index (κ1) is 10.5. The third-order valence-electron chi connectivity index (χ3n) is 3.83. The molecule has 1 saturated carbocycles. The van der Waals surface area contributed by atoms with E-state index in [1.54, 1.807) is 12.1 Å². The topological polar surface area (TPSA) is 0 Å². The third-order valence-corrected chi connectivity index (χ3v) is 3.83. The van der Waals surface area contributed by atoms with Crippen molar-refractivity contribution in [1.82, 2.24) is 0 Å². The minimum atomic E-state index is -0.0669. The van der Waals surface area contributed by atoms with Gasteiger partial charge >= 0.3 is 0 Å². The molecule has 1 fully saturated rings. The summed E-state index contributed by atoms with van der Waals surface area (Å²) in [6.07, 6.45) is 0. The Morgan fingerprint density at radius 2 is 1.47 bits per heavy atom. The van der Waals surface area contributed by atoms with Crippen molar-refractivity contribution in [3.8, 4) is 0 Å². The fourth-order valence-electron chi connectivity index (χ4n) is 2.87. The molecule has 0 aliphatic heterocycles. The van der Waals surface area contributed by atoms with E-state index >= 15 is 0 Å². The highest BCUT2D eigenvalue weighted by molar-refractivity contribution is 5.39. The maximum absolute atomic E-state index is 13.7. The summed E-state index contributed by atoms with van der Waals surface area (Å²) in [7, 11) is 0. The Hall–Kier alpha value is -1.63. The van der Waals surface area contributed by atoms with E-state index < -0.39 is 0 Å². The monoisotopic (exact) mass is 226 g/mol. The fourth-order valence-corrected chi connectivity index (χ4v) is 2.87. The largest absolute Gasteiger partial charge is 0.207 e. The molecule has 3 atom stereocenters. The van der Waals surface area contributed by atoms with Crippen molar-refractivity contribution < 1.29 is 4.39 Å². The van der Waals surface area contributed by atoms with Gasteiger partial charge < -0.3 is 0 Å². The molecule has 0 bridgehead atoms. The van der Waals surface area contributed by atoms with Gasteiger partial charge in [-0.3, -0.25) is 0 Å². The first-order valence-electron chi connectivity index (χ1n) is 6.08. The normalized spacial score (nSPS) is 26.8. The lowest BCUT2D eigenvalue weighted by Crippen LogP contribution is -1.88. The molecule has 86 valence electrons. The molecular formula is C16H15F. The van der Waals surface area contributed by atoms with Gasteiger partial charge in [-0.1, -0.05) is 55.5 Å². The lowest BCUT2D eigenvalue weighted by molar-refractivity contribution is 0.607. The van der Waals surface area contributed by atoms with Crippen LogP contribution in [0.25, 0.3) is 0 Å². The Bertz CT molecular complexity index is 518. The van der Waals surface area contributed by atoms with E-state index in [-0.39, 0.29) is 5.82 Å². The Kier molecular flexibility index (Phi) is 2.47. The molecule has 0 heterocycles. The van der Waals surface area contributed by atoms with Gasteiger partial charge in [0.25, 0.3) is 0 Å². The molecule has 0 N–H and O–H groups in total. The van der Waals surface area contributed by atoms with Crippen molar-refractivity contribution in [1.29, 1.82) is 0 Å². The maximum atomic E-state index is 13.7. The first-order valence-corrected chi connectivity index (χ1v) is 6.08. The summed E-state index contributed by atoms with van der Waals surface area (Å²) in [5, 5.41) is 0. The molecule has 17 heavy (non-hydrogen) atoms. The summed E-state index contributed by atoms with van der Waals surface area (Å²) in [6, 6.07) is 17.6. The third kappa shape index (κ3) is 1.76. The Labute approximate surface area is 101 Å². The standard InChI is InChI=1S/C16H15F/c1-11-15(12-7-3-2-4-8-12)16(11)13-9-5-6-10-14(13)17/h2-11,15-16H,1H3/t11-,15+,16+/m0/s1. The van der Waals surface area contributed by atoms with Gasteiger partial charge in [0, 0.05) is 0 Å². The smallest absolute Gasteiger partial charge is 0.126 e. The maximum Gasteiger partial charge on any atom is 0.126 e. The Morgan fingerprint density at radius 3 is 2.18 bits per heavy atom. The van der Waals surface area contributed by atoms with Crippen LogP contribution in [-0.4, -0.2) is 0 Å². The van der Waals surface area contributed by atoms with E-state index in [1.165, 1.54) is 5.56 Å². The molecule has 0 nitrogen and oxygen atoms in total. The highest BCUT2D eigenvalue weighted by atomic mass is 19.1. The number of hydrogen-bond acceptors (Lipinski definition) is 0. The zero-order valence-electron chi connectivity index (χ0n) is 9.81. The van der Waals surface area contributed by atoms with Gasteiger partial charge in [-0.05, 0) is 34.9 Å². The zero-order chi connectivity index (χ0) is 11.8. The molecule has 3 rings (SSSR count). The minimum absolute atomic E-state index is 0.0669. The van der Waals surface area contributed by atoms with Crippen molar-refractivity contribution >= 4 is 0 Å². The summed E-state index contributed by atoms with van der Waals surface area (Å²) >= 11 is 0. The summed E-state index contributed by atoms with van der Waals surface area (Å²) in [6.45, 7) is 2.20. The van der Waals surface area contributed by atoms with Crippen molar-refractivity contribution in [2.45, 2.75) is 18.8 Å². The van der Waals surface area contributed by atoms with Crippen LogP contribution in [0.1, 0.15) is 29.9 Å². The van der Waals surface area contributed by atoms with Crippen LogP contribution in [0.4, 0.5) is 4.39 Å². The van der Waals surface area contributed by atoms with Gasteiger partial charge in [0.1, 0.15) is 5.82 Å². The van der Waals surface area contributed by atoms with Gasteiger partial charge in [0.2, 0.25) is 0 Å². The van der Waals surface area contributed by atoms with Gasteiger partial charge in [0.15, 0.2) is 0 Å². The van der Waals surface area contributed by atoms with Gasteiger partial charge in [0.05, 0.1) is 0 Å². The zero-order valence-corrected chi connectivity index (χ0v) is 9.81. The van der Waals surface area contributed by atoms with Crippen molar-refractivity contribution in [2.75, 3.05) is 0 Å². The van der Waals surface area contributed by atoms with Crippen LogP contribution < -0.4 is 0 Å².